The third-order valence-corrected chi connectivity index (χ3v) is 10.7. The average molecular weight is 730 g/mol. The number of aromatic nitrogens is 4. The number of ether oxygens (including phenoxy) is 2. The van der Waals surface area contributed by atoms with Crippen molar-refractivity contribution in [3.05, 3.63) is 53.4 Å². The van der Waals surface area contributed by atoms with Crippen LogP contribution in [0.4, 0.5) is 10.6 Å². The molecular weight excluding hydrogens is 682 g/mol. The van der Waals surface area contributed by atoms with E-state index in [9.17, 15) is 18.0 Å². The summed E-state index contributed by atoms with van der Waals surface area (Å²) in [6.07, 6.45) is 9.74. The second-order valence-electron chi connectivity index (χ2n) is 15.2. The van der Waals surface area contributed by atoms with E-state index in [1.54, 1.807) is 18.3 Å². The maximum atomic E-state index is 13.0. The number of hydrogen-bond acceptors (Lipinski definition) is 10. The predicted octanol–water partition coefficient (Wildman–Crippen LogP) is 6.62. The van der Waals surface area contributed by atoms with Crippen LogP contribution in [0.15, 0.2) is 47.6 Å². The molecule has 3 aromatic heterocycles. The number of sulfonamides is 1. The molecule has 50 heavy (non-hydrogen) atoms. The van der Waals surface area contributed by atoms with Crippen LogP contribution in [-0.4, -0.2) is 75.9 Å². The van der Waals surface area contributed by atoms with Gasteiger partial charge in [-0.25, -0.2) is 32.6 Å². The molecule has 5 rings (SSSR count). The molecule has 2 aliphatic rings. The van der Waals surface area contributed by atoms with Crippen molar-refractivity contribution in [2.24, 2.45) is 11.3 Å². The molecule has 0 bridgehead atoms. The zero-order chi connectivity index (χ0) is 36.3. The molecule has 3 aromatic rings. The summed E-state index contributed by atoms with van der Waals surface area (Å²) >= 11 is 6.30. The highest BCUT2D eigenvalue weighted by Gasteiger charge is 2.42. The number of hydrogen-bond donors (Lipinski definition) is 2. The summed E-state index contributed by atoms with van der Waals surface area (Å²) in [6, 6.07) is 7.55. The minimum atomic E-state index is -4.23. The van der Waals surface area contributed by atoms with Gasteiger partial charge >= 0.3 is 6.09 Å². The Morgan fingerprint density at radius 2 is 1.84 bits per heavy atom. The number of amides is 2. The summed E-state index contributed by atoms with van der Waals surface area (Å²) in [5.41, 5.74) is -0.509. The van der Waals surface area contributed by atoms with Gasteiger partial charge in [0.25, 0.3) is 15.9 Å². The second-order valence-corrected chi connectivity index (χ2v) is 17.3. The lowest BCUT2D eigenvalue weighted by Gasteiger charge is -2.33. The summed E-state index contributed by atoms with van der Waals surface area (Å²) < 4.78 is 40.8. The van der Waals surface area contributed by atoms with Gasteiger partial charge in [-0.2, -0.15) is 0 Å². The van der Waals surface area contributed by atoms with Gasteiger partial charge < -0.3 is 19.7 Å². The molecule has 0 radical (unpaired) electrons. The SMILES string of the molecule is CC1(CCOc2ccn(-c3ccc(C(=O)NS(=O)(=O)c4ccc(NCCCCC5CN(C(=O)OC(C)(C)C)C(C)(C)C5)nc4)c(Cl)n3)n2)CC1. The fraction of sp³-hybridized carbons (Fsp3) is 0.571. The third-order valence-electron chi connectivity index (χ3n) is 9.13. The van der Waals surface area contributed by atoms with E-state index in [-0.39, 0.29) is 27.2 Å². The number of anilines is 1. The first-order chi connectivity index (χ1) is 23.4. The van der Waals surface area contributed by atoms with Crippen molar-refractivity contribution >= 4 is 39.4 Å². The zero-order valence-corrected chi connectivity index (χ0v) is 31.2. The van der Waals surface area contributed by atoms with Gasteiger partial charge in [0.15, 0.2) is 5.82 Å². The van der Waals surface area contributed by atoms with E-state index in [0.717, 1.165) is 32.1 Å². The molecule has 1 aliphatic carbocycles. The molecule has 15 heteroatoms. The highest BCUT2D eigenvalue weighted by molar-refractivity contribution is 7.90. The highest BCUT2D eigenvalue weighted by atomic mass is 35.5. The van der Waals surface area contributed by atoms with Gasteiger partial charge in [-0.05, 0) is 109 Å². The number of unbranched alkanes of at least 4 members (excludes halogenated alkanes) is 1. The standard InChI is InChI=1S/C35H48ClN7O6S/c1-33(2,3)49-32(45)42-23-24(21-34(42,4)5)9-7-8-18-37-27-12-10-25(22-38-27)50(46,47)41-31(44)26-11-13-28(39-30(26)36)43-19-14-29(40-43)48-20-17-35(6)15-16-35/h10-14,19,22,24H,7-9,15-18,20-21,23H2,1-6H3,(H,37,38)(H,41,44). The molecule has 13 nitrogen and oxygen atoms in total. The Morgan fingerprint density at radius 3 is 2.50 bits per heavy atom. The van der Waals surface area contributed by atoms with Crippen molar-refractivity contribution in [1.29, 1.82) is 0 Å². The number of nitrogens with zero attached hydrogens (tertiary/aromatic N) is 5. The maximum Gasteiger partial charge on any atom is 0.410 e. The van der Waals surface area contributed by atoms with Crippen molar-refractivity contribution < 1.29 is 27.5 Å². The fourth-order valence-electron chi connectivity index (χ4n) is 5.97. The molecule has 1 atom stereocenters. The number of likely N-dealkylation sites (tertiary alicyclic amines) is 1. The van der Waals surface area contributed by atoms with Gasteiger partial charge in [0.2, 0.25) is 5.88 Å². The number of halogens is 1. The zero-order valence-electron chi connectivity index (χ0n) is 29.7. The third kappa shape index (κ3) is 9.87. The Labute approximate surface area is 299 Å². The normalized spacial score (nSPS) is 18.1. The van der Waals surface area contributed by atoms with Crippen molar-refractivity contribution in [3.8, 4) is 11.7 Å². The average Bonchev–Trinajstić information content (AvgIpc) is 3.42. The van der Waals surface area contributed by atoms with E-state index in [4.69, 9.17) is 21.1 Å². The molecule has 0 spiro atoms. The highest BCUT2D eigenvalue weighted by Crippen LogP contribution is 2.48. The first-order valence-electron chi connectivity index (χ1n) is 17.1. The molecule has 1 saturated heterocycles. The van der Waals surface area contributed by atoms with Crippen molar-refractivity contribution in [2.45, 2.75) is 103 Å². The van der Waals surface area contributed by atoms with Crippen LogP contribution >= 0.6 is 11.6 Å². The topological polar surface area (TPSA) is 158 Å². The monoisotopic (exact) mass is 729 g/mol. The van der Waals surface area contributed by atoms with Gasteiger partial charge in [0.1, 0.15) is 21.5 Å². The summed E-state index contributed by atoms with van der Waals surface area (Å²) in [5, 5.41) is 7.39. The van der Waals surface area contributed by atoms with Crippen molar-refractivity contribution in [2.75, 3.05) is 25.0 Å². The minimum absolute atomic E-state index is 0.106. The molecular formula is C35H48ClN7O6S. The number of rotatable bonds is 14. The first-order valence-corrected chi connectivity index (χ1v) is 18.9. The van der Waals surface area contributed by atoms with E-state index in [1.807, 2.05) is 30.4 Å². The van der Waals surface area contributed by atoms with E-state index in [0.29, 0.717) is 48.5 Å². The lowest BCUT2D eigenvalue weighted by molar-refractivity contribution is 0.0130. The van der Waals surface area contributed by atoms with Crippen LogP contribution in [0.2, 0.25) is 5.15 Å². The molecule has 1 saturated carbocycles. The van der Waals surface area contributed by atoms with Gasteiger partial charge in [-0.15, -0.1) is 5.10 Å². The van der Waals surface area contributed by atoms with Gasteiger partial charge in [-0.3, -0.25) is 4.79 Å². The van der Waals surface area contributed by atoms with E-state index in [2.05, 4.69) is 41.2 Å². The van der Waals surface area contributed by atoms with Crippen LogP contribution in [0, 0.1) is 11.3 Å². The van der Waals surface area contributed by atoms with Crippen molar-refractivity contribution in [1.82, 2.24) is 29.4 Å². The maximum absolute atomic E-state index is 13.0. The largest absolute Gasteiger partial charge is 0.477 e. The summed E-state index contributed by atoms with van der Waals surface area (Å²) in [6.45, 7) is 13.9. The number of nitrogens with one attached hydrogen (secondary N) is 2. The van der Waals surface area contributed by atoms with Crippen LogP contribution in [0.1, 0.15) is 96.8 Å². The Hall–Kier alpha value is -3.91. The van der Waals surface area contributed by atoms with Gasteiger partial charge in [-0.1, -0.05) is 24.9 Å². The Balaban J connectivity index is 1.06. The molecule has 4 heterocycles. The van der Waals surface area contributed by atoms with Gasteiger partial charge in [0, 0.05) is 37.1 Å². The molecule has 272 valence electrons. The number of carbonyl (C=O) groups is 2. The number of pyridine rings is 2. The summed E-state index contributed by atoms with van der Waals surface area (Å²) in [7, 11) is -4.23. The van der Waals surface area contributed by atoms with E-state index < -0.39 is 21.5 Å². The van der Waals surface area contributed by atoms with Crippen LogP contribution in [0.3, 0.4) is 0 Å². The lowest BCUT2D eigenvalue weighted by Crippen LogP contribution is -2.45. The first kappa shape index (κ1) is 37.3. The predicted molar refractivity (Wildman–Crippen MR) is 190 cm³/mol. The van der Waals surface area contributed by atoms with Crippen molar-refractivity contribution in [3.63, 3.8) is 0 Å². The van der Waals surface area contributed by atoms with Crippen LogP contribution in [0.25, 0.3) is 5.82 Å². The molecule has 0 aromatic carbocycles. The second kappa shape index (κ2) is 14.7. The van der Waals surface area contributed by atoms with Crippen LogP contribution in [0.5, 0.6) is 5.88 Å². The Morgan fingerprint density at radius 1 is 1.08 bits per heavy atom. The number of carbonyl (C=O) groups excluding carboxylic acids is 2. The smallest absolute Gasteiger partial charge is 0.410 e. The van der Waals surface area contributed by atoms with E-state index >= 15 is 0 Å². The minimum Gasteiger partial charge on any atom is -0.477 e. The van der Waals surface area contributed by atoms with E-state index in [1.165, 1.54) is 41.9 Å². The van der Waals surface area contributed by atoms with Gasteiger partial charge in [0.05, 0.1) is 12.2 Å². The lowest BCUT2D eigenvalue weighted by atomic mass is 9.93. The van der Waals surface area contributed by atoms with Crippen LogP contribution < -0.4 is 14.8 Å². The van der Waals surface area contributed by atoms with Crippen LogP contribution in [-0.2, 0) is 14.8 Å². The molecule has 2 fully saturated rings. The molecule has 2 amide bonds. The summed E-state index contributed by atoms with van der Waals surface area (Å²) in [5.74, 6) is 0.787. The molecule has 1 aliphatic heterocycles. The Bertz CT molecular complexity index is 1790. The molecule has 2 N–H and O–H groups in total. The summed E-state index contributed by atoms with van der Waals surface area (Å²) in [4.78, 5) is 35.7. The molecule has 1 unspecified atom stereocenters. The fourth-order valence-corrected chi connectivity index (χ4v) is 7.12. The Kier molecular flexibility index (Phi) is 11.0. The quantitative estimate of drug-likeness (QED) is 0.136.